The Labute approximate surface area is 284 Å². The number of aliphatic hydroxyl groups excluding tert-OH is 1. The van der Waals surface area contributed by atoms with Crippen LogP contribution in [0.3, 0.4) is 0 Å². The maximum absolute atomic E-state index is 17.4. The Balaban J connectivity index is 1.22. The largest absolute Gasteiger partial charge is 0.461 e. The van der Waals surface area contributed by atoms with Gasteiger partial charge in [-0.1, -0.05) is 0 Å². The zero-order valence-corrected chi connectivity index (χ0v) is 27.7. The van der Waals surface area contributed by atoms with Crippen LogP contribution in [-0.2, 0) is 18.0 Å². The van der Waals surface area contributed by atoms with Crippen LogP contribution >= 0.6 is 11.3 Å². The van der Waals surface area contributed by atoms with Crippen molar-refractivity contribution in [1.82, 2.24) is 19.8 Å². The predicted molar refractivity (Wildman–Crippen MR) is 179 cm³/mol. The number of nitrogen functional groups attached to an aromatic ring is 1. The Kier molecular flexibility index (Phi) is 7.44. The number of nitrogens with two attached hydrogens (primary N) is 1. The Morgan fingerprint density at radius 3 is 2.73 bits per heavy atom. The van der Waals surface area contributed by atoms with Gasteiger partial charge in [-0.15, -0.1) is 11.3 Å². The molecule has 0 radical (unpaired) electrons. The third kappa shape index (κ3) is 4.73. The molecule has 0 amide bonds. The van der Waals surface area contributed by atoms with E-state index in [1.54, 1.807) is 6.07 Å². The van der Waals surface area contributed by atoms with Crippen molar-refractivity contribution in [3.05, 3.63) is 40.5 Å². The van der Waals surface area contributed by atoms with Crippen molar-refractivity contribution in [2.75, 3.05) is 56.6 Å². The number of rotatable bonds is 8. The quantitative estimate of drug-likeness (QED) is 0.265. The number of piperidine rings is 1. The number of piperazine rings is 1. The van der Waals surface area contributed by atoms with Crippen LogP contribution in [-0.4, -0.2) is 94.6 Å². The number of alkyl halides is 1. The van der Waals surface area contributed by atoms with Crippen LogP contribution in [0.25, 0.3) is 32.1 Å². The molecular weight excluding hydrogens is 655 g/mol. The number of aliphatic hydroxyl groups is 1. The molecule has 5 aliphatic rings. The van der Waals surface area contributed by atoms with Gasteiger partial charge in [0.05, 0.1) is 29.7 Å². The topological polar surface area (TPSA) is 124 Å². The molecule has 10 nitrogen and oxygen atoms in total. The fourth-order valence-corrected chi connectivity index (χ4v) is 10.1. The number of ether oxygens (including phenoxy) is 2. The SMILES string of the molecule is N#Cc1c(N)sc2ccc(F)c(-c3c4c(c5c(N6C7CC6CN(CCCO)C7)nc(OC[C@@]67CCCN6C[C@H](F)C7)nc5c3F)COC4)c12. The number of thiophene rings is 1. The molecule has 49 heavy (non-hydrogen) atoms. The molecule has 4 saturated heterocycles. The van der Waals surface area contributed by atoms with Crippen molar-refractivity contribution in [3.8, 4) is 23.2 Å². The van der Waals surface area contributed by atoms with Crippen LogP contribution < -0.4 is 15.4 Å². The van der Waals surface area contributed by atoms with Gasteiger partial charge in [-0.3, -0.25) is 9.80 Å². The summed E-state index contributed by atoms with van der Waals surface area (Å²) in [6.45, 7) is 4.03. The van der Waals surface area contributed by atoms with Crippen molar-refractivity contribution in [1.29, 1.82) is 5.26 Å². The van der Waals surface area contributed by atoms with Gasteiger partial charge < -0.3 is 25.2 Å². The van der Waals surface area contributed by atoms with Crippen LogP contribution in [0.2, 0.25) is 0 Å². The highest BCUT2D eigenvalue weighted by atomic mass is 32.1. The van der Waals surface area contributed by atoms with Crippen LogP contribution in [0, 0.1) is 23.0 Å². The number of fused-ring (bicyclic) bond motifs is 7. The van der Waals surface area contributed by atoms with Gasteiger partial charge in [0, 0.05) is 72.5 Å². The lowest BCUT2D eigenvalue weighted by Crippen LogP contribution is -2.69. The van der Waals surface area contributed by atoms with Crippen LogP contribution in [0.1, 0.15) is 48.8 Å². The van der Waals surface area contributed by atoms with Gasteiger partial charge in [-0.25, -0.2) is 13.2 Å². The summed E-state index contributed by atoms with van der Waals surface area (Å²) in [5, 5.41) is 20.4. The Morgan fingerprint density at radius 1 is 1.12 bits per heavy atom. The summed E-state index contributed by atoms with van der Waals surface area (Å²) in [4.78, 5) is 16.4. The Morgan fingerprint density at radius 2 is 1.94 bits per heavy atom. The van der Waals surface area contributed by atoms with Gasteiger partial charge >= 0.3 is 6.01 Å². The maximum atomic E-state index is 17.4. The van der Waals surface area contributed by atoms with Crippen LogP contribution in [0.4, 0.5) is 24.0 Å². The summed E-state index contributed by atoms with van der Waals surface area (Å²) in [5.74, 6) is -0.863. The van der Waals surface area contributed by atoms with E-state index in [4.69, 9.17) is 20.2 Å². The van der Waals surface area contributed by atoms with Gasteiger partial charge in [-0.2, -0.15) is 15.2 Å². The smallest absolute Gasteiger partial charge is 0.319 e. The van der Waals surface area contributed by atoms with Gasteiger partial charge in [0.15, 0.2) is 5.82 Å². The van der Waals surface area contributed by atoms with Gasteiger partial charge in [-0.05, 0) is 55.5 Å². The summed E-state index contributed by atoms with van der Waals surface area (Å²) >= 11 is 1.16. The number of nitriles is 1. The summed E-state index contributed by atoms with van der Waals surface area (Å²) in [6.07, 6.45) is 2.82. The second-order valence-electron chi connectivity index (χ2n) is 14.1. The number of hydrogen-bond donors (Lipinski definition) is 2. The monoisotopic (exact) mass is 691 g/mol. The van der Waals surface area contributed by atoms with Crippen LogP contribution in [0.15, 0.2) is 12.1 Å². The molecule has 14 heteroatoms. The minimum Gasteiger partial charge on any atom is -0.461 e. The zero-order chi connectivity index (χ0) is 33.6. The number of aromatic nitrogens is 2. The first-order valence-corrected chi connectivity index (χ1v) is 17.8. The van der Waals surface area contributed by atoms with E-state index in [2.05, 4.69) is 25.8 Å². The molecule has 4 fully saturated rings. The Bertz CT molecular complexity index is 2040. The fourth-order valence-electron chi connectivity index (χ4n) is 9.21. The predicted octanol–water partition coefficient (Wildman–Crippen LogP) is 4.87. The lowest BCUT2D eigenvalue weighted by atomic mass is 9.85. The van der Waals surface area contributed by atoms with Gasteiger partial charge in [0.25, 0.3) is 0 Å². The molecule has 256 valence electrons. The second kappa shape index (κ2) is 11.7. The third-order valence-electron chi connectivity index (χ3n) is 11.3. The number of halogens is 3. The second-order valence-corrected chi connectivity index (χ2v) is 15.2. The molecule has 4 atom stereocenters. The van der Waals surface area contributed by atoms with Crippen molar-refractivity contribution in [2.24, 2.45) is 0 Å². The molecule has 4 aromatic rings. The Hall–Kier alpha value is -3.74. The molecule has 2 unspecified atom stereocenters. The molecule has 5 aliphatic heterocycles. The highest BCUT2D eigenvalue weighted by Gasteiger charge is 2.50. The van der Waals surface area contributed by atoms with Crippen molar-refractivity contribution < 1.29 is 27.8 Å². The van der Waals surface area contributed by atoms with E-state index in [9.17, 15) is 14.8 Å². The van der Waals surface area contributed by atoms with E-state index in [0.717, 1.165) is 56.8 Å². The van der Waals surface area contributed by atoms with E-state index < -0.39 is 23.3 Å². The zero-order valence-electron chi connectivity index (χ0n) is 26.9. The van der Waals surface area contributed by atoms with E-state index in [0.29, 0.717) is 46.4 Å². The molecule has 0 saturated carbocycles. The first kappa shape index (κ1) is 31.3. The first-order chi connectivity index (χ1) is 23.8. The molecule has 2 aromatic carbocycles. The normalized spacial score (nSPS) is 26.3. The first-order valence-electron chi connectivity index (χ1n) is 17.0. The molecular formula is C35H36F3N7O3S. The molecule has 9 rings (SSSR count). The number of likely N-dealkylation sites (tertiary alicyclic amines) is 1. The fraction of sp³-hybridized carbons (Fsp3) is 0.514. The lowest BCUT2D eigenvalue weighted by Gasteiger charge is -2.57. The van der Waals surface area contributed by atoms with E-state index in [1.807, 2.05) is 0 Å². The van der Waals surface area contributed by atoms with E-state index in [-0.39, 0.29) is 77.1 Å². The number of hydrogen-bond acceptors (Lipinski definition) is 11. The highest BCUT2D eigenvalue weighted by Crippen LogP contribution is 2.50. The average Bonchev–Trinajstić information content (AvgIpc) is 3.86. The van der Waals surface area contributed by atoms with Crippen LogP contribution in [0.5, 0.6) is 6.01 Å². The van der Waals surface area contributed by atoms with Gasteiger partial charge in [0.1, 0.15) is 41.0 Å². The van der Waals surface area contributed by atoms with Gasteiger partial charge in [0.2, 0.25) is 0 Å². The minimum absolute atomic E-state index is 0.00334. The molecule has 0 spiro atoms. The third-order valence-corrected chi connectivity index (χ3v) is 12.3. The molecule has 2 bridgehead atoms. The summed E-state index contributed by atoms with van der Waals surface area (Å²) in [7, 11) is 0. The average molecular weight is 692 g/mol. The molecule has 0 aliphatic carbocycles. The number of anilines is 2. The van der Waals surface area contributed by atoms with Crippen molar-refractivity contribution in [2.45, 2.75) is 69.1 Å². The number of nitrogens with zero attached hydrogens (tertiary/aromatic N) is 6. The molecule has 3 N–H and O–H groups in total. The molecule has 2 aromatic heterocycles. The molecule has 7 heterocycles. The minimum atomic E-state index is -0.934. The highest BCUT2D eigenvalue weighted by molar-refractivity contribution is 7.23. The van der Waals surface area contributed by atoms with Crippen molar-refractivity contribution in [3.63, 3.8) is 0 Å². The maximum Gasteiger partial charge on any atom is 0.319 e. The van der Waals surface area contributed by atoms with Crippen molar-refractivity contribution >= 4 is 43.1 Å². The van der Waals surface area contributed by atoms with E-state index in [1.165, 1.54) is 6.07 Å². The standard InChI is InChI=1S/C35H36F3N7O3S/c36-18-10-35(5-1-7-44(35)12-18)17-48-34-41-31-28(33(42-34)45-19-9-20(45)14-43(13-19)6-2-8-46)23-16-47-15-22(23)27(30(31)38)29-24(37)3-4-25-26(29)21(11-39)32(40)49-25/h3-4,18-20,46H,1-2,5-10,12-17,40H2/t18-,19?,20?,35+/m1/s1. The number of benzene rings is 2. The summed E-state index contributed by atoms with van der Waals surface area (Å²) in [6, 6.07) is 5.16. The lowest BCUT2D eigenvalue weighted by molar-refractivity contribution is 0.103. The summed E-state index contributed by atoms with van der Waals surface area (Å²) < 4.78 is 60.9. The summed E-state index contributed by atoms with van der Waals surface area (Å²) in [5.41, 5.74) is 6.97. The van der Waals surface area contributed by atoms with E-state index >= 15 is 8.78 Å².